The maximum atomic E-state index is 12.9. The maximum Gasteiger partial charge on any atom is 0.472 e. The van der Waals surface area contributed by atoms with Crippen LogP contribution in [0, 0.1) is 0 Å². The Morgan fingerprint density at radius 1 is 0.337 bits per heavy atom. The van der Waals surface area contributed by atoms with Crippen LogP contribution in [0.25, 0.3) is 0 Å². The smallest absolute Gasteiger partial charge is 0.462 e. The average molecular weight is 1300 g/mol. The van der Waals surface area contributed by atoms with Crippen LogP contribution in [-0.2, 0) is 32.7 Å². The molecule has 0 amide bonds. The van der Waals surface area contributed by atoms with Gasteiger partial charge in [-0.05, 0) is 116 Å². The molecule has 0 aromatic rings. The molecule has 0 spiro atoms. The number of rotatable bonds is 68. The van der Waals surface area contributed by atoms with E-state index < -0.39 is 26.5 Å². The summed E-state index contributed by atoms with van der Waals surface area (Å²) in [5, 5.41) is 0. The van der Waals surface area contributed by atoms with E-state index in [1.165, 1.54) is 161 Å². The van der Waals surface area contributed by atoms with E-state index in [-0.39, 0.29) is 32.0 Å². The molecule has 0 saturated heterocycles. The van der Waals surface area contributed by atoms with E-state index in [0.29, 0.717) is 17.4 Å². The van der Waals surface area contributed by atoms with Crippen molar-refractivity contribution in [1.29, 1.82) is 0 Å². The second-order valence-corrected chi connectivity index (χ2v) is 27.4. The number of nitrogens with zero attached hydrogens (tertiary/aromatic N) is 1. The number of carbonyl (C=O) groups is 2. The van der Waals surface area contributed by atoms with Gasteiger partial charge < -0.3 is 18.9 Å². The van der Waals surface area contributed by atoms with Gasteiger partial charge in [0, 0.05) is 12.8 Å². The van der Waals surface area contributed by atoms with Gasteiger partial charge in [0.15, 0.2) is 6.10 Å². The third-order valence-electron chi connectivity index (χ3n) is 15.9. The molecule has 0 aliphatic rings. The molecule has 0 fully saturated rings. The van der Waals surface area contributed by atoms with Crippen LogP contribution in [-0.4, -0.2) is 74.9 Å². The Hall–Kier alpha value is -4.11. The number of quaternary nitrogens is 1. The zero-order valence-electron chi connectivity index (χ0n) is 60.0. The normalized spacial score (nSPS) is 13.9. The Bertz CT molecular complexity index is 2070. The van der Waals surface area contributed by atoms with E-state index in [9.17, 15) is 19.0 Å². The van der Waals surface area contributed by atoms with Gasteiger partial charge in [-0.25, -0.2) is 4.57 Å². The van der Waals surface area contributed by atoms with Crippen molar-refractivity contribution in [3.8, 4) is 0 Å². The molecule has 2 atom stereocenters. The highest BCUT2D eigenvalue weighted by Crippen LogP contribution is 2.43. The number of hydrogen-bond donors (Lipinski definition) is 1. The third kappa shape index (κ3) is 74.9. The van der Waals surface area contributed by atoms with Crippen LogP contribution < -0.4 is 0 Å². The molecule has 0 saturated carbocycles. The molecule has 0 aromatic heterocycles. The van der Waals surface area contributed by atoms with Crippen LogP contribution in [0.4, 0.5) is 0 Å². The number of hydrogen-bond acceptors (Lipinski definition) is 7. The summed E-state index contributed by atoms with van der Waals surface area (Å²) in [6, 6.07) is 0. The van der Waals surface area contributed by atoms with Gasteiger partial charge in [0.05, 0.1) is 27.7 Å². The molecular formula is C82H141NO8P+. The Labute approximate surface area is 567 Å². The van der Waals surface area contributed by atoms with Crippen molar-refractivity contribution in [1.82, 2.24) is 0 Å². The Morgan fingerprint density at radius 2 is 0.587 bits per heavy atom. The minimum absolute atomic E-state index is 0.0272. The molecule has 9 nitrogen and oxygen atoms in total. The first-order valence-corrected chi connectivity index (χ1v) is 39.1. The standard InChI is InChI=1S/C82H140NO8P/c1-6-8-10-12-14-16-18-20-22-24-26-28-30-32-34-36-37-38-39-40-41-42-43-44-45-47-49-51-53-55-57-59-61-63-65-67-69-71-73-75-82(85)91-80(79-90-92(86,87)89-77-76-83(3,4)5)78-88-81(84)74-72-70-68-66-64-62-60-58-56-54-52-50-48-46-35-33-31-29-27-25-23-21-19-17-15-13-11-9-7-2/h8-11,14-17,20-23,26-29,32,34,37-38,40-41,43-44,80H,6-7,12-13,18-19,24-25,30-31,33,35-36,39,42,45-79H2,1-5H3/p+1/b10-8-,11-9-,16-14-,17-15-,22-20-,23-21-,28-26-,29-27-,34-32-,38-37-,41-40-,44-43-. The van der Waals surface area contributed by atoms with Crippen LogP contribution in [0.3, 0.4) is 0 Å². The fraction of sp³-hybridized carbons (Fsp3) is 0.683. The average Bonchev–Trinajstić information content (AvgIpc) is 2.14. The fourth-order valence-corrected chi connectivity index (χ4v) is 10.9. The van der Waals surface area contributed by atoms with Gasteiger partial charge in [-0.3, -0.25) is 18.6 Å². The molecule has 92 heavy (non-hydrogen) atoms. The minimum Gasteiger partial charge on any atom is -0.462 e. The summed E-state index contributed by atoms with van der Waals surface area (Å²) in [7, 11) is 1.47. The number of likely N-dealkylation sites (N-methyl/N-ethyl adjacent to an activating group) is 1. The lowest BCUT2D eigenvalue weighted by molar-refractivity contribution is -0.870. The van der Waals surface area contributed by atoms with Crippen molar-refractivity contribution < 1.29 is 42.1 Å². The highest BCUT2D eigenvalue weighted by molar-refractivity contribution is 7.47. The molecule has 0 rings (SSSR count). The number of carbonyl (C=O) groups excluding carboxylic acids is 2. The lowest BCUT2D eigenvalue weighted by Crippen LogP contribution is -2.37. The molecule has 10 heteroatoms. The van der Waals surface area contributed by atoms with Crippen LogP contribution in [0.5, 0.6) is 0 Å². The predicted molar refractivity (Wildman–Crippen MR) is 399 cm³/mol. The number of allylic oxidation sites excluding steroid dienone is 24. The maximum absolute atomic E-state index is 12.9. The van der Waals surface area contributed by atoms with E-state index in [2.05, 4.69) is 160 Å². The predicted octanol–water partition coefficient (Wildman–Crippen LogP) is 24.9. The number of phosphoric acid groups is 1. The van der Waals surface area contributed by atoms with Crippen LogP contribution in [0.15, 0.2) is 146 Å². The molecular weight excluding hydrogens is 1160 g/mol. The molecule has 526 valence electrons. The van der Waals surface area contributed by atoms with Crippen LogP contribution >= 0.6 is 7.82 Å². The molecule has 0 radical (unpaired) electrons. The minimum atomic E-state index is -4.40. The van der Waals surface area contributed by atoms with E-state index >= 15 is 0 Å². The second-order valence-electron chi connectivity index (χ2n) is 25.9. The molecule has 0 bridgehead atoms. The van der Waals surface area contributed by atoms with Gasteiger partial charge in [-0.15, -0.1) is 0 Å². The largest absolute Gasteiger partial charge is 0.472 e. The summed E-state index contributed by atoms with van der Waals surface area (Å²) in [6.07, 6.45) is 105. The lowest BCUT2D eigenvalue weighted by atomic mass is 10.0. The lowest BCUT2D eigenvalue weighted by Gasteiger charge is -2.24. The van der Waals surface area contributed by atoms with Gasteiger partial charge in [0.1, 0.15) is 19.8 Å². The van der Waals surface area contributed by atoms with Crippen molar-refractivity contribution in [3.05, 3.63) is 146 Å². The van der Waals surface area contributed by atoms with Gasteiger partial charge in [-0.1, -0.05) is 327 Å². The topological polar surface area (TPSA) is 108 Å². The summed E-state index contributed by atoms with van der Waals surface area (Å²) in [6.45, 7) is 4.23. The third-order valence-corrected chi connectivity index (χ3v) is 16.8. The number of phosphoric ester groups is 1. The molecule has 0 aliphatic heterocycles. The summed E-state index contributed by atoms with van der Waals surface area (Å²) in [5.74, 6) is -0.794. The van der Waals surface area contributed by atoms with Gasteiger partial charge in [0.25, 0.3) is 0 Å². The first-order chi connectivity index (χ1) is 45.0. The van der Waals surface area contributed by atoms with Crippen molar-refractivity contribution in [3.63, 3.8) is 0 Å². The fourth-order valence-electron chi connectivity index (χ4n) is 10.2. The van der Waals surface area contributed by atoms with E-state index in [1.54, 1.807) is 0 Å². The van der Waals surface area contributed by atoms with E-state index in [1.807, 2.05) is 21.1 Å². The molecule has 1 N–H and O–H groups in total. The van der Waals surface area contributed by atoms with E-state index in [0.717, 1.165) is 116 Å². The Morgan fingerprint density at radius 3 is 0.870 bits per heavy atom. The number of unbranched alkanes of at least 4 members (excludes halogenated alkanes) is 30. The van der Waals surface area contributed by atoms with Crippen molar-refractivity contribution in [2.45, 2.75) is 315 Å². The monoisotopic (exact) mass is 1300 g/mol. The SMILES string of the molecule is CC/C=C\C/C=C\C/C=C\C/C=C\C/C=C\C/C=C\C/C=C\C/C=C\CCCCCCCCCCCCCCCCC(=O)OC(COC(=O)CCCCCCCCCCCCCCCCCC/C=C\C/C=C\C/C=C\C/C=C\CC)COP(=O)(O)OCC[N+](C)(C)C. The van der Waals surface area contributed by atoms with Gasteiger partial charge >= 0.3 is 19.8 Å². The first kappa shape index (κ1) is 87.9. The molecule has 2 unspecified atom stereocenters. The summed E-state index contributed by atoms with van der Waals surface area (Å²) >= 11 is 0. The molecule has 0 aliphatic carbocycles. The number of esters is 2. The van der Waals surface area contributed by atoms with Gasteiger partial charge in [0.2, 0.25) is 0 Å². The second kappa shape index (κ2) is 71.2. The van der Waals surface area contributed by atoms with Crippen molar-refractivity contribution in [2.75, 3.05) is 47.5 Å². The summed E-state index contributed by atoms with van der Waals surface area (Å²) < 4.78 is 34.8. The Kier molecular flexibility index (Phi) is 68.0. The van der Waals surface area contributed by atoms with Crippen LogP contribution in [0.1, 0.15) is 309 Å². The Balaban J connectivity index is 4.03. The zero-order valence-corrected chi connectivity index (χ0v) is 60.9. The van der Waals surface area contributed by atoms with Gasteiger partial charge in [-0.2, -0.15) is 0 Å². The highest BCUT2D eigenvalue weighted by Gasteiger charge is 2.27. The van der Waals surface area contributed by atoms with Crippen molar-refractivity contribution in [2.24, 2.45) is 0 Å². The van der Waals surface area contributed by atoms with Crippen molar-refractivity contribution >= 4 is 19.8 Å². The molecule has 0 heterocycles. The number of ether oxygens (including phenoxy) is 2. The first-order valence-electron chi connectivity index (χ1n) is 37.6. The summed E-state index contributed by atoms with van der Waals surface area (Å²) in [5.41, 5.74) is 0. The quantitative estimate of drug-likeness (QED) is 0.0211. The zero-order chi connectivity index (χ0) is 66.9. The van der Waals surface area contributed by atoms with Crippen LogP contribution in [0.2, 0.25) is 0 Å². The van der Waals surface area contributed by atoms with E-state index in [4.69, 9.17) is 18.5 Å². The highest BCUT2D eigenvalue weighted by atomic mass is 31.2. The molecule has 0 aromatic carbocycles. The summed E-state index contributed by atoms with van der Waals surface area (Å²) in [4.78, 5) is 35.9.